The van der Waals surface area contributed by atoms with E-state index in [-0.39, 0.29) is 17.2 Å². The van der Waals surface area contributed by atoms with Gasteiger partial charge in [0.25, 0.3) is 5.56 Å². The number of anilines is 1. The van der Waals surface area contributed by atoms with Crippen LogP contribution in [0.1, 0.15) is 30.6 Å². The molecule has 0 saturated carbocycles. The summed E-state index contributed by atoms with van der Waals surface area (Å²) >= 11 is 1.67. The highest BCUT2D eigenvalue weighted by atomic mass is 32.1. The first kappa shape index (κ1) is 14.8. The van der Waals surface area contributed by atoms with E-state index in [0.717, 1.165) is 22.5 Å². The third-order valence-electron chi connectivity index (χ3n) is 3.83. The van der Waals surface area contributed by atoms with E-state index in [9.17, 15) is 4.79 Å². The predicted octanol–water partition coefficient (Wildman–Crippen LogP) is 2.16. The van der Waals surface area contributed by atoms with Crippen molar-refractivity contribution in [1.82, 2.24) is 29.5 Å². The minimum absolute atomic E-state index is 0.176. The van der Waals surface area contributed by atoms with Gasteiger partial charge in [-0.05, 0) is 19.4 Å². The minimum Gasteiger partial charge on any atom is -0.360 e. The predicted molar refractivity (Wildman–Crippen MR) is 92.4 cm³/mol. The van der Waals surface area contributed by atoms with Crippen LogP contribution >= 0.6 is 11.3 Å². The smallest absolute Gasteiger partial charge is 0.293 e. The van der Waals surface area contributed by atoms with Crippen molar-refractivity contribution in [1.29, 1.82) is 0 Å². The Morgan fingerprint density at radius 1 is 1.38 bits per heavy atom. The molecule has 4 rings (SSSR count). The molecular weight excluding hydrogens is 326 g/mol. The molecule has 0 radical (unpaired) electrons. The van der Waals surface area contributed by atoms with Gasteiger partial charge in [0, 0.05) is 17.3 Å². The van der Waals surface area contributed by atoms with Crippen molar-refractivity contribution in [3.8, 4) is 0 Å². The van der Waals surface area contributed by atoms with Gasteiger partial charge < -0.3 is 10.3 Å². The number of hydrogen-bond donors (Lipinski definition) is 2. The van der Waals surface area contributed by atoms with E-state index < -0.39 is 0 Å². The minimum atomic E-state index is -0.265. The monoisotopic (exact) mass is 341 g/mol. The summed E-state index contributed by atoms with van der Waals surface area (Å²) in [7, 11) is 0. The molecule has 0 bridgehead atoms. The van der Waals surface area contributed by atoms with Gasteiger partial charge in [-0.15, -0.1) is 21.5 Å². The van der Waals surface area contributed by atoms with Crippen LogP contribution in [0.2, 0.25) is 0 Å². The van der Waals surface area contributed by atoms with Crippen LogP contribution in [0.3, 0.4) is 0 Å². The number of aromatic nitrogens is 6. The zero-order valence-electron chi connectivity index (χ0n) is 13.1. The average Bonchev–Trinajstić information content (AvgIpc) is 3.19. The maximum Gasteiger partial charge on any atom is 0.293 e. The summed E-state index contributed by atoms with van der Waals surface area (Å²) in [5.41, 5.74) is 0.0103. The van der Waals surface area contributed by atoms with Gasteiger partial charge in [-0.2, -0.15) is 0 Å². The van der Waals surface area contributed by atoms with Crippen molar-refractivity contribution in [2.24, 2.45) is 0 Å². The number of thiophene rings is 1. The highest BCUT2D eigenvalue weighted by Gasteiger charge is 2.17. The first-order valence-electron chi connectivity index (χ1n) is 7.59. The highest BCUT2D eigenvalue weighted by molar-refractivity contribution is 7.18. The topological polar surface area (TPSA) is 101 Å². The molecule has 8 nitrogen and oxygen atoms in total. The zero-order chi connectivity index (χ0) is 16.7. The molecule has 0 fully saturated rings. The van der Waals surface area contributed by atoms with E-state index in [1.807, 2.05) is 6.92 Å². The second-order valence-corrected chi connectivity index (χ2v) is 6.53. The maximum absolute atomic E-state index is 11.8. The number of H-pyrrole nitrogens is 1. The Labute approximate surface area is 140 Å². The fourth-order valence-electron chi connectivity index (χ4n) is 2.62. The highest BCUT2D eigenvalue weighted by Crippen LogP contribution is 2.30. The molecule has 0 amide bonds. The lowest BCUT2D eigenvalue weighted by atomic mass is 10.2. The fourth-order valence-corrected chi connectivity index (χ4v) is 3.55. The Balaban J connectivity index is 1.73. The summed E-state index contributed by atoms with van der Waals surface area (Å²) in [5, 5.41) is 12.5. The van der Waals surface area contributed by atoms with E-state index in [4.69, 9.17) is 0 Å². The van der Waals surface area contributed by atoms with Gasteiger partial charge in [0.15, 0.2) is 5.82 Å². The van der Waals surface area contributed by atoms with Crippen LogP contribution in [0.5, 0.6) is 0 Å². The van der Waals surface area contributed by atoms with Gasteiger partial charge in [-0.1, -0.05) is 6.92 Å². The molecule has 2 N–H and O–H groups in total. The van der Waals surface area contributed by atoms with Crippen LogP contribution in [0.15, 0.2) is 29.6 Å². The largest absolute Gasteiger partial charge is 0.360 e. The molecule has 1 unspecified atom stereocenters. The van der Waals surface area contributed by atoms with Gasteiger partial charge in [0.1, 0.15) is 17.0 Å². The molecule has 0 spiro atoms. The Morgan fingerprint density at radius 2 is 2.25 bits per heavy atom. The molecule has 0 aliphatic carbocycles. The summed E-state index contributed by atoms with van der Waals surface area (Å²) in [5.74, 6) is 1.40. The lowest BCUT2D eigenvalue weighted by Gasteiger charge is -2.13. The van der Waals surface area contributed by atoms with Gasteiger partial charge in [-0.3, -0.25) is 9.20 Å². The van der Waals surface area contributed by atoms with Crippen molar-refractivity contribution in [2.75, 3.05) is 5.32 Å². The standard InChI is InChI=1S/C15H15N7OS/c1-3-9-6-10-11(17-7-18-15(10)24-9)19-8(2)12-20-21-13-14(23)16-4-5-22(12)13/h4-8H,3H2,1-2H3,(H,16,23)(H,17,18,19). The summed E-state index contributed by atoms with van der Waals surface area (Å²) in [6.07, 6.45) is 5.83. The van der Waals surface area contributed by atoms with Gasteiger partial charge in [0.2, 0.25) is 5.65 Å². The van der Waals surface area contributed by atoms with E-state index >= 15 is 0 Å². The third kappa shape index (κ3) is 2.33. The van der Waals surface area contributed by atoms with Crippen molar-refractivity contribution in [3.05, 3.63) is 45.8 Å². The molecular formula is C15H15N7OS. The lowest BCUT2D eigenvalue weighted by molar-refractivity contribution is 0.768. The molecule has 0 aliphatic rings. The lowest BCUT2D eigenvalue weighted by Crippen LogP contribution is -2.14. The number of nitrogens with one attached hydrogen (secondary N) is 2. The van der Waals surface area contributed by atoms with Crippen LogP contribution in [0, 0.1) is 0 Å². The Bertz CT molecular complexity index is 1080. The second-order valence-electron chi connectivity index (χ2n) is 5.41. The molecule has 9 heteroatoms. The summed E-state index contributed by atoms with van der Waals surface area (Å²) in [6.45, 7) is 4.08. The molecule has 122 valence electrons. The molecule has 0 saturated heterocycles. The molecule has 0 aromatic carbocycles. The zero-order valence-corrected chi connectivity index (χ0v) is 14.0. The number of aromatic amines is 1. The summed E-state index contributed by atoms with van der Waals surface area (Å²) in [6, 6.07) is 1.94. The van der Waals surface area contributed by atoms with Crippen LogP contribution < -0.4 is 10.9 Å². The van der Waals surface area contributed by atoms with Gasteiger partial charge >= 0.3 is 0 Å². The number of fused-ring (bicyclic) bond motifs is 2. The number of nitrogens with zero attached hydrogens (tertiary/aromatic N) is 5. The van der Waals surface area contributed by atoms with Crippen LogP contribution in [0.4, 0.5) is 5.82 Å². The molecule has 4 heterocycles. The van der Waals surface area contributed by atoms with E-state index in [1.54, 1.807) is 34.5 Å². The van der Waals surface area contributed by atoms with Crippen molar-refractivity contribution < 1.29 is 0 Å². The Hall–Kier alpha value is -2.81. The number of aryl methyl sites for hydroxylation is 1. The first-order valence-corrected chi connectivity index (χ1v) is 8.41. The molecule has 4 aromatic rings. The average molecular weight is 341 g/mol. The van der Waals surface area contributed by atoms with Gasteiger partial charge in [0.05, 0.1) is 11.4 Å². The number of hydrogen-bond acceptors (Lipinski definition) is 7. The molecule has 1 atom stereocenters. The third-order valence-corrected chi connectivity index (χ3v) is 5.02. The van der Waals surface area contributed by atoms with E-state index in [1.165, 1.54) is 4.88 Å². The normalized spacial score (nSPS) is 12.8. The molecule has 4 aromatic heterocycles. The Kier molecular flexibility index (Phi) is 3.49. The quantitative estimate of drug-likeness (QED) is 0.590. The second kappa shape index (κ2) is 5.68. The molecule has 0 aliphatic heterocycles. The number of rotatable bonds is 4. The van der Waals surface area contributed by atoms with Crippen LogP contribution in [-0.4, -0.2) is 29.5 Å². The van der Waals surface area contributed by atoms with Crippen LogP contribution in [0.25, 0.3) is 15.9 Å². The van der Waals surface area contributed by atoms with Gasteiger partial charge in [-0.25, -0.2) is 9.97 Å². The summed E-state index contributed by atoms with van der Waals surface area (Å²) < 4.78 is 1.68. The van der Waals surface area contributed by atoms with Crippen molar-refractivity contribution >= 4 is 33.0 Å². The maximum atomic E-state index is 11.8. The fraction of sp³-hybridized carbons (Fsp3) is 0.267. The first-order chi connectivity index (χ1) is 11.7. The van der Waals surface area contributed by atoms with E-state index in [0.29, 0.717) is 5.82 Å². The van der Waals surface area contributed by atoms with Crippen LogP contribution in [-0.2, 0) is 6.42 Å². The SMILES string of the molecule is CCc1cc2c(NC(C)c3nnc4c(=O)[nH]ccn34)ncnc2s1. The van der Waals surface area contributed by atoms with Crippen molar-refractivity contribution in [3.63, 3.8) is 0 Å². The van der Waals surface area contributed by atoms with E-state index in [2.05, 4.69) is 43.5 Å². The Morgan fingerprint density at radius 3 is 3.08 bits per heavy atom. The molecule has 24 heavy (non-hydrogen) atoms. The summed E-state index contributed by atoms with van der Waals surface area (Å²) in [4.78, 5) is 25.3. The van der Waals surface area contributed by atoms with Crippen molar-refractivity contribution in [2.45, 2.75) is 26.3 Å².